The van der Waals surface area contributed by atoms with E-state index in [1.807, 2.05) is 23.1 Å². The molecule has 29 heavy (non-hydrogen) atoms. The Balaban J connectivity index is 1.30. The highest BCUT2D eigenvalue weighted by Crippen LogP contribution is 2.45. The number of carbonyl (C=O) groups is 2. The van der Waals surface area contributed by atoms with E-state index in [0.29, 0.717) is 50.7 Å². The molecular weight excluding hydrogens is 360 g/mol. The van der Waals surface area contributed by atoms with E-state index in [1.54, 1.807) is 0 Å². The Labute approximate surface area is 172 Å². The number of rotatable bonds is 4. The molecule has 1 spiro atoms. The Morgan fingerprint density at radius 1 is 1.03 bits per heavy atom. The summed E-state index contributed by atoms with van der Waals surface area (Å²) in [4.78, 5) is 28.0. The lowest BCUT2D eigenvalue weighted by molar-refractivity contribution is -0.137. The van der Waals surface area contributed by atoms with Crippen molar-refractivity contribution in [2.75, 3.05) is 13.1 Å². The van der Waals surface area contributed by atoms with Gasteiger partial charge in [0.15, 0.2) is 0 Å². The van der Waals surface area contributed by atoms with E-state index in [2.05, 4.69) is 41.7 Å². The molecule has 2 aliphatic heterocycles. The number of amides is 2. The Kier molecular flexibility index (Phi) is 4.65. The summed E-state index contributed by atoms with van der Waals surface area (Å²) in [7, 11) is 0. The van der Waals surface area contributed by atoms with Gasteiger partial charge in [-0.05, 0) is 54.2 Å². The predicted octanol–water partition coefficient (Wildman–Crippen LogP) is 3.76. The van der Waals surface area contributed by atoms with Crippen LogP contribution in [0.1, 0.15) is 54.7 Å². The summed E-state index contributed by atoms with van der Waals surface area (Å²) >= 11 is 0. The van der Waals surface area contributed by atoms with Gasteiger partial charge >= 0.3 is 0 Å². The summed E-state index contributed by atoms with van der Waals surface area (Å²) < 4.78 is 0. The average molecular weight is 389 g/mol. The largest absolute Gasteiger partial charge is 0.351 e. The minimum atomic E-state index is -0.471. The van der Waals surface area contributed by atoms with E-state index in [1.165, 1.54) is 24.0 Å². The van der Waals surface area contributed by atoms with Gasteiger partial charge in [-0.2, -0.15) is 0 Å². The minimum absolute atomic E-state index is 0.128. The minimum Gasteiger partial charge on any atom is -0.351 e. The Hall–Kier alpha value is -2.62. The highest BCUT2D eigenvalue weighted by Gasteiger charge is 2.47. The van der Waals surface area contributed by atoms with Crippen molar-refractivity contribution >= 4 is 11.8 Å². The number of piperidine rings is 1. The van der Waals surface area contributed by atoms with Gasteiger partial charge in [0.2, 0.25) is 11.8 Å². The van der Waals surface area contributed by atoms with Crippen molar-refractivity contribution in [2.24, 2.45) is 5.92 Å². The van der Waals surface area contributed by atoms with Gasteiger partial charge in [0.1, 0.15) is 0 Å². The summed E-state index contributed by atoms with van der Waals surface area (Å²) in [6, 6.07) is 18.7. The fraction of sp³-hybridized carbons (Fsp3) is 0.440. The van der Waals surface area contributed by atoms with Crippen LogP contribution in [0.4, 0.5) is 0 Å². The van der Waals surface area contributed by atoms with Crippen molar-refractivity contribution in [1.29, 1.82) is 0 Å². The predicted molar refractivity (Wildman–Crippen MR) is 112 cm³/mol. The third-order valence-electron chi connectivity index (χ3n) is 7.19. The smallest absolute Gasteiger partial charge is 0.231 e. The van der Waals surface area contributed by atoms with Gasteiger partial charge in [-0.1, -0.05) is 54.6 Å². The molecule has 1 aliphatic carbocycles. The average Bonchev–Trinajstić information content (AvgIpc) is 3.61. The Morgan fingerprint density at radius 2 is 1.72 bits per heavy atom. The zero-order chi connectivity index (χ0) is 19.8. The molecule has 2 aromatic rings. The van der Waals surface area contributed by atoms with E-state index in [-0.39, 0.29) is 11.8 Å². The van der Waals surface area contributed by atoms with Crippen LogP contribution in [0.5, 0.6) is 0 Å². The Morgan fingerprint density at radius 3 is 2.45 bits per heavy atom. The number of nitrogens with zero attached hydrogens (tertiary/aromatic N) is 1. The van der Waals surface area contributed by atoms with Crippen molar-refractivity contribution in [2.45, 2.75) is 50.0 Å². The molecule has 1 saturated carbocycles. The van der Waals surface area contributed by atoms with Crippen LogP contribution in [-0.2, 0) is 21.5 Å². The molecule has 2 fully saturated rings. The molecule has 4 heteroatoms. The molecule has 2 heterocycles. The van der Waals surface area contributed by atoms with E-state index in [0.717, 1.165) is 5.56 Å². The van der Waals surface area contributed by atoms with E-state index >= 15 is 0 Å². The summed E-state index contributed by atoms with van der Waals surface area (Å²) in [5, 5.41) is 3.08. The topological polar surface area (TPSA) is 49.4 Å². The van der Waals surface area contributed by atoms with Gasteiger partial charge in [-0.25, -0.2) is 0 Å². The molecule has 0 bridgehead atoms. The fourth-order valence-electron chi connectivity index (χ4n) is 5.32. The molecule has 2 aromatic carbocycles. The molecule has 0 aromatic heterocycles. The molecule has 1 unspecified atom stereocenters. The molecule has 1 saturated heterocycles. The molecule has 150 valence electrons. The summed E-state index contributed by atoms with van der Waals surface area (Å²) in [6.07, 6.45) is 4.46. The fourth-order valence-corrected chi connectivity index (χ4v) is 5.32. The molecule has 4 nitrogen and oxygen atoms in total. The van der Waals surface area contributed by atoms with E-state index in [9.17, 15) is 9.59 Å². The molecule has 1 atom stereocenters. The van der Waals surface area contributed by atoms with Crippen molar-refractivity contribution in [1.82, 2.24) is 10.2 Å². The monoisotopic (exact) mass is 388 g/mol. The van der Waals surface area contributed by atoms with Crippen LogP contribution < -0.4 is 5.32 Å². The van der Waals surface area contributed by atoms with Gasteiger partial charge < -0.3 is 10.2 Å². The zero-order valence-electron chi connectivity index (χ0n) is 16.8. The van der Waals surface area contributed by atoms with Gasteiger partial charge in [0, 0.05) is 26.1 Å². The van der Waals surface area contributed by atoms with Crippen LogP contribution in [0.2, 0.25) is 0 Å². The van der Waals surface area contributed by atoms with Gasteiger partial charge in [0.05, 0.1) is 5.41 Å². The first-order valence-corrected chi connectivity index (χ1v) is 10.9. The van der Waals surface area contributed by atoms with Crippen LogP contribution in [0, 0.1) is 5.92 Å². The number of hydrogen-bond donors (Lipinski definition) is 1. The maximum Gasteiger partial charge on any atom is 0.231 e. The second-order valence-electron chi connectivity index (χ2n) is 8.86. The first-order chi connectivity index (χ1) is 14.2. The summed E-state index contributed by atoms with van der Waals surface area (Å²) in [6.45, 7) is 1.93. The molecule has 5 rings (SSSR count). The van der Waals surface area contributed by atoms with E-state index < -0.39 is 5.41 Å². The highest BCUT2D eigenvalue weighted by atomic mass is 16.2. The second-order valence-corrected chi connectivity index (χ2v) is 8.86. The standard InChI is InChI=1S/C25H28N2O2/c28-23(16-21(19-10-11-19)18-6-2-1-3-7-18)27-14-12-25(13-15-27)22-9-5-4-8-20(22)17-26-24(25)29/h1-9,19,21H,10-17H2,(H,26,29). The summed E-state index contributed by atoms with van der Waals surface area (Å²) in [5.41, 5.74) is 3.19. The Bertz CT molecular complexity index is 911. The number of carbonyl (C=O) groups excluding carboxylic acids is 2. The maximum absolute atomic E-state index is 13.1. The van der Waals surface area contributed by atoms with Crippen LogP contribution in [0.25, 0.3) is 0 Å². The molecule has 0 radical (unpaired) electrons. The summed E-state index contributed by atoms with van der Waals surface area (Å²) in [5.74, 6) is 1.35. The SMILES string of the molecule is O=C(CC(c1ccccc1)C1CC1)N1CCC2(CC1)C(=O)NCc1ccccc12. The van der Waals surface area contributed by atoms with Gasteiger partial charge in [-0.3, -0.25) is 9.59 Å². The van der Waals surface area contributed by atoms with Crippen LogP contribution >= 0.6 is 0 Å². The number of benzene rings is 2. The second kappa shape index (κ2) is 7.33. The van der Waals surface area contributed by atoms with Crippen LogP contribution in [0.3, 0.4) is 0 Å². The number of hydrogen-bond acceptors (Lipinski definition) is 2. The molecular formula is C25H28N2O2. The van der Waals surface area contributed by atoms with Crippen molar-refractivity contribution in [3.8, 4) is 0 Å². The van der Waals surface area contributed by atoms with Gasteiger partial charge in [-0.15, -0.1) is 0 Å². The lowest BCUT2D eigenvalue weighted by Crippen LogP contribution is -2.55. The molecule has 1 N–H and O–H groups in total. The zero-order valence-corrected chi connectivity index (χ0v) is 16.8. The highest BCUT2D eigenvalue weighted by molar-refractivity contribution is 5.90. The van der Waals surface area contributed by atoms with Crippen molar-refractivity contribution in [3.63, 3.8) is 0 Å². The molecule has 2 amide bonds. The number of nitrogens with one attached hydrogen (secondary N) is 1. The van der Waals surface area contributed by atoms with Crippen LogP contribution in [0.15, 0.2) is 54.6 Å². The van der Waals surface area contributed by atoms with Crippen molar-refractivity contribution < 1.29 is 9.59 Å². The van der Waals surface area contributed by atoms with E-state index in [4.69, 9.17) is 0 Å². The quantitative estimate of drug-likeness (QED) is 0.867. The lowest BCUT2D eigenvalue weighted by atomic mass is 9.68. The lowest BCUT2D eigenvalue weighted by Gasteiger charge is -2.44. The molecule has 3 aliphatic rings. The number of fused-ring (bicyclic) bond motifs is 2. The maximum atomic E-state index is 13.1. The number of likely N-dealkylation sites (tertiary alicyclic amines) is 1. The normalized spacial score (nSPS) is 21.4. The van der Waals surface area contributed by atoms with Crippen molar-refractivity contribution in [3.05, 3.63) is 71.3 Å². The third kappa shape index (κ3) is 3.35. The van der Waals surface area contributed by atoms with Gasteiger partial charge in [0.25, 0.3) is 0 Å². The van der Waals surface area contributed by atoms with Crippen LogP contribution in [-0.4, -0.2) is 29.8 Å². The first kappa shape index (κ1) is 18.4. The third-order valence-corrected chi connectivity index (χ3v) is 7.19. The first-order valence-electron chi connectivity index (χ1n) is 10.9.